The summed E-state index contributed by atoms with van der Waals surface area (Å²) >= 11 is 0. The van der Waals surface area contributed by atoms with Crippen LogP contribution in [0.4, 0.5) is 0 Å². The van der Waals surface area contributed by atoms with Gasteiger partial charge in [0, 0.05) is 38.2 Å². The fourth-order valence-corrected chi connectivity index (χ4v) is 6.99. The van der Waals surface area contributed by atoms with Gasteiger partial charge in [0.25, 0.3) is 0 Å². The molecule has 0 atom stereocenters. The van der Waals surface area contributed by atoms with Gasteiger partial charge in [-0.2, -0.15) is 15.8 Å². The van der Waals surface area contributed by atoms with E-state index in [0.717, 1.165) is 54.9 Å². The van der Waals surface area contributed by atoms with Crippen LogP contribution < -0.4 is 0 Å². The summed E-state index contributed by atoms with van der Waals surface area (Å²) in [6.07, 6.45) is 0. The van der Waals surface area contributed by atoms with E-state index in [1.165, 1.54) is 0 Å². The highest BCUT2D eigenvalue weighted by molar-refractivity contribution is 6.27. The fourth-order valence-electron chi connectivity index (χ4n) is 6.99. The highest BCUT2D eigenvalue weighted by atomic mass is 16.3. The van der Waals surface area contributed by atoms with Crippen molar-refractivity contribution < 1.29 is 4.42 Å². The molecule has 9 aromatic rings. The van der Waals surface area contributed by atoms with Crippen molar-refractivity contribution >= 4 is 43.7 Å². The summed E-state index contributed by atoms with van der Waals surface area (Å²) in [5.74, 6) is 0.429. The first-order valence-corrected chi connectivity index (χ1v) is 15.9. The molecule has 0 N–H and O–H groups in total. The monoisotopic (exact) mass is 638 g/mol. The Hall–Kier alpha value is -7.53. The van der Waals surface area contributed by atoms with Gasteiger partial charge in [-0.1, -0.05) is 97.1 Å². The summed E-state index contributed by atoms with van der Waals surface area (Å²) in [6, 6.07) is 49.4. The molecule has 3 heterocycles. The van der Waals surface area contributed by atoms with Crippen LogP contribution in [0, 0.1) is 34.0 Å². The molecule has 0 bridgehead atoms. The summed E-state index contributed by atoms with van der Waals surface area (Å²) in [4.78, 5) is 9.75. The van der Waals surface area contributed by atoms with Gasteiger partial charge in [-0.3, -0.25) is 0 Å². The predicted octanol–water partition coefficient (Wildman–Crippen LogP) is 10.1. The second-order valence-electron chi connectivity index (χ2n) is 11.9. The van der Waals surface area contributed by atoms with Gasteiger partial charge in [-0.25, -0.2) is 9.97 Å². The molecule has 0 amide bonds. The predicted molar refractivity (Wildman–Crippen MR) is 194 cm³/mol. The number of nitriles is 3. The van der Waals surface area contributed by atoms with Gasteiger partial charge in [0.1, 0.15) is 34.9 Å². The molecule has 0 unspecified atom stereocenters. The van der Waals surface area contributed by atoms with Crippen LogP contribution >= 0.6 is 0 Å². The summed E-state index contributed by atoms with van der Waals surface area (Å²) < 4.78 is 8.22. The molecule has 3 aromatic heterocycles. The first kappa shape index (κ1) is 28.7. The second kappa shape index (κ2) is 11.3. The first-order chi connectivity index (χ1) is 24.7. The third-order valence-corrected chi connectivity index (χ3v) is 9.12. The lowest BCUT2D eigenvalue weighted by molar-refractivity contribution is 0.669. The van der Waals surface area contributed by atoms with E-state index in [-0.39, 0.29) is 16.7 Å². The van der Waals surface area contributed by atoms with Crippen LogP contribution in [-0.4, -0.2) is 14.5 Å². The van der Waals surface area contributed by atoms with Gasteiger partial charge < -0.3 is 8.98 Å². The number of nitrogens with zero attached hydrogens (tertiary/aromatic N) is 6. The van der Waals surface area contributed by atoms with E-state index in [4.69, 9.17) is 14.4 Å². The zero-order chi connectivity index (χ0) is 33.8. The van der Waals surface area contributed by atoms with Crippen molar-refractivity contribution in [2.75, 3.05) is 0 Å². The number of hydrogen-bond donors (Lipinski definition) is 0. The quantitative estimate of drug-likeness (QED) is 0.189. The lowest BCUT2D eigenvalue weighted by Crippen LogP contribution is -2.04. The summed E-state index contributed by atoms with van der Waals surface area (Å²) in [5, 5.41) is 35.9. The van der Waals surface area contributed by atoms with Gasteiger partial charge in [-0.15, -0.1) is 0 Å². The molecule has 7 heteroatoms. The molecule has 9 rings (SSSR count). The number of fused-ring (bicyclic) bond motifs is 7. The van der Waals surface area contributed by atoms with Crippen LogP contribution in [0.2, 0.25) is 0 Å². The Morgan fingerprint density at radius 2 is 1.10 bits per heavy atom. The van der Waals surface area contributed by atoms with Crippen LogP contribution in [0.25, 0.3) is 83.3 Å². The Balaban J connectivity index is 1.35. The van der Waals surface area contributed by atoms with Crippen molar-refractivity contribution in [2.24, 2.45) is 0 Å². The molecular formula is C43H22N6O. The molecule has 0 radical (unpaired) electrons. The number of furan rings is 1. The maximum atomic E-state index is 10.7. The number of para-hydroxylation sites is 2. The van der Waals surface area contributed by atoms with E-state index in [1.54, 1.807) is 12.1 Å². The largest absolute Gasteiger partial charge is 0.456 e. The average molecular weight is 639 g/mol. The van der Waals surface area contributed by atoms with E-state index >= 15 is 0 Å². The van der Waals surface area contributed by atoms with Crippen molar-refractivity contribution in [3.05, 3.63) is 150 Å². The highest BCUT2D eigenvalue weighted by Gasteiger charge is 2.25. The van der Waals surface area contributed by atoms with E-state index in [1.807, 2.05) is 120 Å². The Kier molecular flexibility index (Phi) is 6.49. The number of benzene rings is 6. The molecule has 6 aromatic carbocycles. The zero-order valence-electron chi connectivity index (χ0n) is 26.3. The SMILES string of the molecule is N#Cc1cc(-c2nc(-c3ccccc3)nc(-c3ccccc3)c2C#N)cc(C#N)c1-n1c2ccccc2c2c3c(ccc21)oc1ccccc13. The highest BCUT2D eigenvalue weighted by Crippen LogP contribution is 2.43. The number of hydrogen-bond acceptors (Lipinski definition) is 6. The van der Waals surface area contributed by atoms with E-state index < -0.39 is 0 Å². The molecule has 0 aliphatic rings. The first-order valence-electron chi connectivity index (χ1n) is 15.9. The molecular weight excluding hydrogens is 617 g/mol. The number of rotatable bonds is 4. The maximum Gasteiger partial charge on any atom is 0.160 e. The van der Waals surface area contributed by atoms with Crippen LogP contribution in [-0.2, 0) is 0 Å². The van der Waals surface area contributed by atoms with Crippen LogP contribution in [0.15, 0.2) is 138 Å². The molecule has 0 spiro atoms. The van der Waals surface area contributed by atoms with Gasteiger partial charge in [0.05, 0.1) is 39.2 Å². The molecule has 230 valence electrons. The van der Waals surface area contributed by atoms with Crippen LogP contribution in [0.3, 0.4) is 0 Å². The average Bonchev–Trinajstić information content (AvgIpc) is 3.73. The lowest BCUT2D eigenvalue weighted by atomic mass is 9.96. The minimum Gasteiger partial charge on any atom is -0.456 e. The summed E-state index contributed by atoms with van der Waals surface area (Å²) in [7, 11) is 0. The fraction of sp³-hybridized carbons (Fsp3) is 0. The van der Waals surface area contributed by atoms with Gasteiger partial charge in [-0.05, 0) is 36.4 Å². The van der Waals surface area contributed by atoms with Crippen LogP contribution in [0.5, 0.6) is 0 Å². The summed E-state index contributed by atoms with van der Waals surface area (Å²) in [5.41, 5.74) is 7.28. The van der Waals surface area contributed by atoms with E-state index in [0.29, 0.717) is 28.5 Å². The van der Waals surface area contributed by atoms with Crippen molar-refractivity contribution in [3.63, 3.8) is 0 Å². The molecule has 50 heavy (non-hydrogen) atoms. The summed E-state index contributed by atoms with van der Waals surface area (Å²) in [6.45, 7) is 0. The Morgan fingerprint density at radius 3 is 1.78 bits per heavy atom. The Labute approximate surface area is 285 Å². The smallest absolute Gasteiger partial charge is 0.160 e. The number of aromatic nitrogens is 3. The minimum atomic E-state index is 0.252. The standard InChI is InChI=1S/C43H22N6O/c44-23-29-21-28(41-33(25-46)40(26-11-3-1-4-12-26)47-43(48-41)27-13-5-2-6-14-27)22-30(24-45)42(29)49-34-17-9-7-15-31(34)38-35(49)19-20-37-39(38)32-16-8-10-18-36(32)50-37/h1-22H. The van der Waals surface area contributed by atoms with E-state index in [2.05, 4.69) is 24.3 Å². The molecule has 0 saturated heterocycles. The lowest BCUT2D eigenvalue weighted by Gasteiger charge is -2.16. The molecule has 0 aliphatic carbocycles. The Morgan fingerprint density at radius 1 is 0.500 bits per heavy atom. The third-order valence-electron chi connectivity index (χ3n) is 9.12. The van der Waals surface area contributed by atoms with Gasteiger partial charge >= 0.3 is 0 Å². The molecule has 0 saturated carbocycles. The zero-order valence-corrected chi connectivity index (χ0v) is 26.3. The Bertz CT molecular complexity index is 2920. The van der Waals surface area contributed by atoms with Gasteiger partial charge in [0.2, 0.25) is 0 Å². The van der Waals surface area contributed by atoms with E-state index in [9.17, 15) is 15.8 Å². The van der Waals surface area contributed by atoms with Crippen molar-refractivity contribution in [2.45, 2.75) is 0 Å². The second-order valence-corrected chi connectivity index (χ2v) is 11.9. The molecule has 0 fully saturated rings. The molecule has 7 nitrogen and oxygen atoms in total. The molecule has 0 aliphatic heterocycles. The normalized spacial score (nSPS) is 11.1. The van der Waals surface area contributed by atoms with Crippen molar-refractivity contribution in [3.8, 4) is 57.8 Å². The topological polar surface area (TPSA) is 115 Å². The van der Waals surface area contributed by atoms with Crippen LogP contribution in [0.1, 0.15) is 16.7 Å². The maximum absolute atomic E-state index is 10.7. The van der Waals surface area contributed by atoms with Crippen molar-refractivity contribution in [1.29, 1.82) is 15.8 Å². The minimum absolute atomic E-state index is 0.252. The third kappa shape index (κ3) is 4.27. The van der Waals surface area contributed by atoms with Gasteiger partial charge in [0.15, 0.2) is 5.82 Å². The van der Waals surface area contributed by atoms with Crippen molar-refractivity contribution in [1.82, 2.24) is 14.5 Å².